The second kappa shape index (κ2) is 6.24. The minimum atomic E-state index is -3.13. The van der Waals surface area contributed by atoms with Crippen LogP contribution < -0.4 is 5.32 Å². The van der Waals surface area contributed by atoms with Crippen LogP contribution in [0.5, 0.6) is 0 Å². The summed E-state index contributed by atoms with van der Waals surface area (Å²) in [7, 11) is -3.13. The minimum Gasteiger partial charge on any atom is -0.393 e. The summed E-state index contributed by atoms with van der Waals surface area (Å²) in [6, 6.07) is 7.50. The molecule has 1 fully saturated rings. The topological polar surface area (TPSA) is 66.4 Å². The predicted octanol–water partition coefficient (Wildman–Crippen LogP) is 2.04. The van der Waals surface area contributed by atoms with Gasteiger partial charge in [-0.2, -0.15) is 0 Å². The lowest BCUT2D eigenvalue weighted by Gasteiger charge is -2.29. The Kier molecular flexibility index (Phi) is 4.83. The van der Waals surface area contributed by atoms with Gasteiger partial charge in [0.2, 0.25) is 0 Å². The largest absolute Gasteiger partial charge is 0.393 e. The van der Waals surface area contributed by atoms with Gasteiger partial charge in [0.15, 0.2) is 9.84 Å². The van der Waals surface area contributed by atoms with Crippen LogP contribution in [0.2, 0.25) is 0 Å². The number of benzene rings is 1. The Morgan fingerprint density at radius 2 is 1.90 bits per heavy atom. The number of sulfone groups is 1. The fourth-order valence-electron chi connectivity index (χ4n) is 2.77. The van der Waals surface area contributed by atoms with Crippen LogP contribution in [0.15, 0.2) is 29.2 Å². The molecular formula is C15H23NO3S. The lowest BCUT2D eigenvalue weighted by Crippen LogP contribution is -2.37. The van der Waals surface area contributed by atoms with E-state index in [2.05, 4.69) is 12.2 Å². The monoisotopic (exact) mass is 297 g/mol. The van der Waals surface area contributed by atoms with Gasteiger partial charge in [-0.15, -0.1) is 0 Å². The molecule has 0 bridgehead atoms. The molecule has 4 nitrogen and oxygen atoms in total. The summed E-state index contributed by atoms with van der Waals surface area (Å²) in [6.07, 6.45) is 4.86. The number of aliphatic hydroxyl groups excluding tert-OH is 1. The van der Waals surface area contributed by atoms with Crippen molar-refractivity contribution in [2.75, 3.05) is 6.26 Å². The summed E-state index contributed by atoms with van der Waals surface area (Å²) in [5, 5.41) is 13.2. The summed E-state index contributed by atoms with van der Waals surface area (Å²) in [5.41, 5.74) is 1.07. The van der Waals surface area contributed by atoms with Crippen molar-refractivity contribution in [1.29, 1.82) is 0 Å². The molecule has 5 heteroatoms. The molecule has 0 aromatic heterocycles. The van der Waals surface area contributed by atoms with Crippen molar-refractivity contribution in [1.82, 2.24) is 5.32 Å². The highest BCUT2D eigenvalue weighted by Crippen LogP contribution is 2.22. The molecule has 2 rings (SSSR count). The highest BCUT2D eigenvalue weighted by Gasteiger charge is 2.21. The molecule has 2 N–H and O–H groups in total. The van der Waals surface area contributed by atoms with Gasteiger partial charge in [0.05, 0.1) is 11.0 Å². The molecule has 3 unspecified atom stereocenters. The summed E-state index contributed by atoms with van der Waals surface area (Å²) < 4.78 is 22.8. The average Bonchev–Trinajstić information content (AvgIpc) is 2.38. The van der Waals surface area contributed by atoms with E-state index in [9.17, 15) is 13.5 Å². The summed E-state index contributed by atoms with van der Waals surface area (Å²) in [5.74, 6) is 0. The Morgan fingerprint density at radius 3 is 2.45 bits per heavy atom. The van der Waals surface area contributed by atoms with Crippen LogP contribution >= 0.6 is 0 Å². The first-order valence-electron chi connectivity index (χ1n) is 7.10. The van der Waals surface area contributed by atoms with Crippen LogP contribution in [0.3, 0.4) is 0 Å². The third-order valence-corrected chi connectivity index (χ3v) is 5.07. The van der Waals surface area contributed by atoms with E-state index < -0.39 is 9.84 Å². The maximum absolute atomic E-state index is 11.4. The highest BCUT2D eigenvalue weighted by molar-refractivity contribution is 7.90. The fourth-order valence-corrected chi connectivity index (χ4v) is 3.40. The Bertz CT molecular complexity index is 539. The van der Waals surface area contributed by atoms with Gasteiger partial charge in [-0.05, 0) is 50.3 Å². The smallest absolute Gasteiger partial charge is 0.175 e. The lowest BCUT2D eigenvalue weighted by molar-refractivity contribution is 0.109. The van der Waals surface area contributed by atoms with Crippen LogP contribution in [-0.2, 0) is 9.84 Å². The van der Waals surface area contributed by atoms with Crippen LogP contribution in [0, 0.1) is 0 Å². The Morgan fingerprint density at radius 1 is 1.25 bits per heavy atom. The summed E-state index contributed by atoms with van der Waals surface area (Å²) in [6.45, 7) is 2.07. The average molecular weight is 297 g/mol. The second-order valence-electron chi connectivity index (χ2n) is 5.75. The zero-order chi connectivity index (χ0) is 14.8. The second-order valence-corrected chi connectivity index (χ2v) is 7.76. The molecule has 1 saturated carbocycles. The Hall–Kier alpha value is -0.910. The number of aliphatic hydroxyl groups is 1. The zero-order valence-electron chi connectivity index (χ0n) is 12.0. The molecular weight excluding hydrogens is 274 g/mol. The lowest BCUT2D eigenvalue weighted by atomic mass is 9.92. The standard InChI is InChI=1S/C15H23NO3S/c1-11(16-13-4-3-5-14(17)10-13)12-6-8-15(9-7-12)20(2,18)19/h6-9,11,13-14,16-17H,3-5,10H2,1-2H3. The first-order chi connectivity index (χ1) is 9.36. The van der Waals surface area contributed by atoms with E-state index in [1.165, 1.54) is 6.26 Å². The van der Waals surface area contributed by atoms with Crippen LogP contribution in [0.1, 0.15) is 44.2 Å². The molecule has 1 aliphatic carbocycles. The maximum atomic E-state index is 11.4. The molecule has 0 radical (unpaired) electrons. The fraction of sp³-hybridized carbons (Fsp3) is 0.600. The molecule has 1 aromatic carbocycles. The summed E-state index contributed by atoms with van der Waals surface area (Å²) >= 11 is 0. The number of hydrogen-bond donors (Lipinski definition) is 2. The van der Waals surface area contributed by atoms with Gasteiger partial charge in [0.1, 0.15) is 0 Å². The van der Waals surface area contributed by atoms with Crippen molar-refractivity contribution in [3.05, 3.63) is 29.8 Å². The third-order valence-electron chi connectivity index (χ3n) is 3.94. The Balaban J connectivity index is 2.00. The van der Waals surface area contributed by atoms with Crippen molar-refractivity contribution in [3.63, 3.8) is 0 Å². The molecule has 1 aliphatic rings. The first kappa shape index (κ1) is 15.5. The molecule has 0 saturated heterocycles. The van der Waals surface area contributed by atoms with Crippen LogP contribution in [0.4, 0.5) is 0 Å². The van der Waals surface area contributed by atoms with Gasteiger partial charge < -0.3 is 10.4 Å². The van der Waals surface area contributed by atoms with Gasteiger partial charge in [-0.1, -0.05) is 12.1 Å². The molecule has 112 valence electrons. The van der Waals surface area contributed by atoms with E-state index in [0.717, 1.165) is 31.2 Å². The van der Waals surface area contributed by atoms with Gasteiger partial charge in [0, 0.05) is 18.3 Å². The molecule has 0 amide bonds. The number of nitrogens with one attached hydrogen (secondary N) is 1. The van der Waals surface area contributed by atoms with E-state index in [-0.39, 0.29) is 12.1 Å². The van der Waals surface area contributed by atoms with E-state index in [4.69, 9.17) is 0 Å². The predicted molar refractivity (Wildman–Crippen MR) is 79.4 cm³/mol. The SMILES string of the molecule is CC(NC1CCCC(O)C1)c1ccc(S(C)(=O)=O)cc1. The van der Waals surface area contributed by atoms with Crippen LogP contribution in [0.25, 0.3) is 0 Å². The van der Waals surface area contributed by atoms with E-state index in [1.54, 1.807) is 12.1 Å². The van der Waals surface area contributed by atoms with E-state index >= 15 is 0 Å². The van der Waals surface area contributed by atoms with Gasteiger partial charge in [0.25, 0.3) is 0 Å². The van der Waals surface area contributed by atoms with Crippen molar-refractivity contribution in [2.45, 2.75) is 55.7 Å². The third kappa shape index (κ3) is 4.04. The molecule has 20 heavy (non-hydrogen) atoms. The maximum Gasteiger partial charge on any atom is 0.175 e. The number of rotatable bonds is 4. The van der Waals surface area contributed by atoms with Gasteiger partial charge in [-0.3, -0.25) is 0 Å². The van der Waals surface area contributed by atoms with Crippen molar-refractivity contribution in [2.24, 2.45) is 0 Å². The molecule has 3 atom stereocenters. The number of hydrogen-bond acceptors (Lipinski definition) is 4. The molecule has 0 heterocycles. The van der Waals surface area contributed by atoms with E-state index in [1.807, 2.05) is 12.1 Å². The first-order valence-corrected chi connectivity index (χ1v) is 8.99. The van der Waals surface area contributed by atoms with Crippen molar-refractivity contribution >= 4 is 9.84 Å². The van der Waals surface area contributed by atoms with Crippen LogP contribution in [-0.4, -0.2) is 31.9 Å². The summed E-state index contributed by atoms with van der Waals surface area (Å²) in [4.78, 5) is 0.349. The minimum absolute atomic E-state index is 0.152. The van der Waals surface area contributed by atoms with Crippen molar-refractivity contribution in [3.8, 4) is 0 Å². The Labute approximate surface area is 121 Å². The van der Waals surface area contributed by atoms with Gasteiger partial charge in [-0.25, -0.2) is 8.42 Å². The van der Waals surface area contributed by atoms with E-state index in [0.29, 0.717) is 10.9 Å². The van der Waals surface area contributed by atoms with Crippen molar-refractivity contribution < 1.29 is 13.5 Å². The molecule has 0 aliphatic heterocycles. The highest BCUT2D eigenvalue weighted by atomic mass is 32.2. The normalized spacial score (nSPS) is 25.4. The zero-order valence-corrected chi connectivity index (χ0v) is 12.9. The quantitative estimate of drug-likeness (QED) is 0.892. The molecule has 1 aromatic rings. The molecule has 0 spiro atoms. The van der Waals surface area contributed by atoms with Gasteiger partial charge >= 0.3 is 0 Å².